The molecule has 0 aromatic heterocycles. The third-order valence-electron chi connectivity index (χ3n) is 7.91. The highest BCUT2D eigenvalue weighted by Gasteiger charge is 2.42. The van der Waals surface area contributed by atoms with Crippen LogP contribution >= 0.6 is 11.6 Å². The van der Waals surface area contributed by atoms with Gasteiger partial charge < -0.3 is 15.0 Å². The predicted molar refractivity (Wildman–Crippen MR) is 130 cm³/mol. The zero-order valence-electron chi connectivity index (χ0n) is 19.7. The van der Waals surface area contributed by atoms with Crippen LogP contribution in [0.3, 0.4) is 0 Å². The van der Waals surface area contributed by atoms with Gasteiger partial charge in [-0.25, -0.2) is 4.39 Å². The van der Waals surface area contributed by atoms with Crippen LogP contribution in [-0.2, 0) is 16.1 Å². The van der Waals surface area contributed by atoms with Crippen LogP contribution in [0.4, 0.5) is 4.39 Å². The lowest BCUT2D eigenvalue weighted by Gasteiger charge is -2.40. The number of nitrogens with zero attached hydrogens (tertiary/aromatic N) is 1. The van der Waals surface area contributed by atoms with Crippen molar-refractivity contribution in [2.45, 2.75) is 69.2 Å². The summed E-state index contributed by atoms with van der Waals surface area (Å²) < 4.78 is 20.2. The van der Waals surface area contributed by atoms with Gasteiger partial charge in [0.2, 0.25) is 11.8 Å². The molecule has 7 nitrogen and oxygen atoms in total. The van der Waals surface area contributed by atoms with Gasteiger partial charge in [0, 0.05) is 47.6 Å². The molecule has 1 aliphatic carbocycles. The number of nitrogens with one attached hydrogen (secondary N) is 2. The summed E-state index contributed by atoms with van der Waals surface area (Å²) in [5.41, 5.74) is 3.09. The molecule has 0 spiro atoms. The Bertz CT molecular complexity index is 1260. The number of hydrogen-bond acceptors (Lipinski definition) is 5. The topological polar surface area (TPSA) is 87.7 Å². The van der Waals surface area contributed by atoms with Gasteiger partial charge in [-0.15, -0.1) is 0 Å². The second-order valence-electron chi connectivity index (χ2n) is 10.1. The van der Waals surface area contributed by atoms with Crippen LogP contribution in [0.5, 0.6) is 5.75 Å². The van der Waals surface area contributed by atoms with Gasteiger partial charge in [0.15, 0.2) is 0 Å². The Balaban J connectivity index is 1.34. The monoisotopic (exact) mass is 511 g/mol. The van der Waals surface area contributed by atoms with Crippen molar-refractivity contribution in [3.8, 4) is 5.75 Å². The summed E-state index contributed by atoms with van der Waals surface area (Å²) in [6.45, 7) is 0.972. The number of ether oxygens (including phenoxy) is 1. The van der Waals surface area contributed by atoms with Gasteiger partial charge >= 0.3 is 0 Å². The Morgan fingerprint density at radius 3 is 2.53 bits per heavy atom. The SMILES string of the molecule is O=C1CCC(N2Cc3cc(OC4CCCC4)c(C4NCC4c4ccc(F)cc4Cl)cc3C2=O)C(=O)N1. The van der Waals surface area contributed by atoms with Crippen LogP contribution in [0, 0.1) is 5.82 Å². The smallest absolute Gasteiger partial charge is 0.255 e. The van der Waals surface area contributed by atoms with E-state index in [4.69, 9.17) is 16.3 Å². The number of amides is 3. The first-order valence-electron chi connectivity index (χ1n) is 12.6. The zero-order valence-corrected chi connectivity index (χ0v) is 20.4. The Morgan fingerprint density at radius 2 is 1.83 bits per heavy atom. The average Bonchev–Trinajstić information content (AvgIpc) is 3.43. The highest BCUT2D eigenvalue weighted by molar-refractivity contribution is 6.31. The minimum absolute atomic E-state index is 0.00446. The molecule has 1 saturated carbocycles. The number of rotatable bonds is 5. The van der Waals surface area contributed by atoms with Gasteiger partial charge in [-0.3, -0.25) is 19.7 Å². The Labute approximate surface area is 213 Å². The molecule has 2 saturated heterocycles. The van der Waals surface area contributed by atoms with Crippen molar-refractivity contribution in [3.05, 3.63) is 63.4 Å². The summed E-state index contributed by atoms with van der Waals surface area (Å²) in [6, 6.07) is 7.47. The van der Waals surface area contributed by atoms with E-state index in [1.165, 1.54) is 12.1 Å². The largest absolute Gasteiger partial charge is 0.490 e. The molecule has 9 heteroatoms. The minimum atomic E-state index is -0.669. The number of hydrogen-bond donors (Lipinski definition) is 2. The molecule has 2 aromatic rings. The first-order chi connectivity index (χ1) is 17.4. The van der Waals surface area contributed by atoms with E-state index < -0.39 is 11.9 Å². The van der Waals surface area contributed by atoms with Gasteiger partial charge in [-0.1, -0.05) is 17.7 Å². The van der Waals surface area contributed by atoms with Gasteiger partial charge in [0.25, 0.3) is 5.91 Å². The molecule has 3 fully saturated rings. The first-order valence-corrected chi connectivity index (χ1v) is 12.9. The summed E-state index contributed by atoms with van der Waals surface area (Å²) in [4.78, 5) is 39.1. The van der Waals surface area contributed by atoms with Crippen LogP contribution < -0.4 is 15.4 Å². The summed E-state index contributed by atoms with van der Waals surface area (Å²) in [7, 11) is 0. The van der Waals surface area contributed by atoms with Crippen molar-refractivity contribution in [2.75, 3.05) is 6.54 Å². The molecule has 3 atom stereocenters. The number of piperidine rings is 1. The summed E-state index contributed by atoms with van der Waals surface area (Å²) in [5.74, 6) is -0.597. The number of halogens is 2. The van der Waals surface area contributed by atoms with Crippen molar-refractivity contribution in [3.63, 3.8) is 0 Å². The van der Waals surface area contributed by atoms with Crippen molar-refractivity contribution in [2.24, 2.45) is 0 Å². The molecule has 3 heterocycles. The second-order valence-corrected chi connectivity index (χ2v) is 10.5. The van der Waals surface area contributed by atoms with Crippen molar-refractivity contribution in [1.82, 2.24) is 15.5 Å². The van der Waals surface area contributed by atoms with Crippen LogP contribution in [0.2, 0.25) is 5.02 Å². The van der Waals surface area contributed by atoms with E-state index >= 15 is 0 Å². The summed E-state index contributed by atoms with van der Waals surface area (Å²) >= 11 is 6.39. The second kappa shape index (κ2) is 9.16. The lowest BCUT2D eigenvalue weighted by molar-refractivity contribution is -0.136. The van der Waals surface area contributed by atoms with E-state index in [1.54, 1.807) is 11.0 Å². The highest BCUT2D eigenvalue weighted by atomic mass is 35.5. The molecule has 0 radical (unpaired) electrons. The van der Waals surface area contributed by atoms with Crippen LogP contribution in [-0.4, -0.2) is 41.3 Å². The minimum Gasteiger partial charge on any atom is -0.490 e. The highest BCUT2D eigenvalue weighted by Crippen LogP contribution is 2.46. The number of carbonyl (C=O) groups is 3. The van der Waals surface area contributed by atoms with Gasteiger partial charge in [0.1, 0.15) is 17.6 Å². The fourth-order valence-corrected chi connectivity index (χ4v) is 6.22. The first kappa shape index (κ1) is 23.4. The average molecular weight is 512 g/mol. The normalized spacial score (nSPS) is 26.1. The molecule has 6 rings (SSSR count). The summed E-state index contributed by atoms with van der Waals surface area (Å²) in [6.07, 6.45) is 4.89. The molecular weight excluding hydrogens is 485 g/mol. The maximum Gasteiger partial charge on any atom is 0.255 e. The fraction of sp³-hybridized carbons (Fsp3) is 0.444. The van der Waals surface area contributed by atoms with E-state index in [2.05, 4.69) is 10.6 Å². The quantitative estimate of drug-likeness (QED) is 0.593. The molecule has 3 amide bonds. The van der Waals surface area contributed by atoms with E-state index in [0.717, 1.165) is 48.1 Å². The molecule has 0 bridgehead atoms. The van der Waals surface area contributed by atoms with Gasteiger partial charge in [-0.2, -0.15) is 0 Å². The molecule has 4 aliphatic rings. The predicted octanol–water partition coefficient (Wildman–Crippen LogP) is 3.99. The lowest BCUT2D eigenvalue weighted by Crippen LogP contribution is -2.52. The van der Waals surface area contributed by atoms with Gasteiger partial charge in [0.05, 0.1) is 6.10 Å². The standard InChI is InChI=1S/C27H27ClFN3O4/c28-21-10-15(29)5-6-17(21)20-12-30-25(20)19-11-18-14(9-23(19)36-16-3-1-2-4-16)13-32(27(18)35)22-7-8-24(33)31-26(22)34/h5-6,9-11,16,20,22,25,30H,1-4,7-8,12-13H2,(H,31,33,34). The molecule has 2 N–H and O–H groups in total. The maximum absolute atomic E-state index is 13.7. The molecule has 36 heavy (non-hydrogen) atoms. The molecule has 2 aromatic carbocycles. The molecule has 3 unspecified atom stereocenters. The van der Waals surface area contributed by atoms with Crippen molar-refractivity contribution < 1.29 is 23.5 Å². The van der Waals surface area contributed by atoms with Gasteiger partial charge in [-0.05, 0) is 67.5 Å². The maximum atomic E-state index is 13.7. The van der Waals surface area contributed by atoms with E-state index in [1.807, 2.05) is 12.1 Å². The van der Waals surface area contributed by atoms with Crippen LogP contribution in [0.1, 0.15) is 77.5 Å². The number of carbonyl (C=O) groups excluding carboxylic acids is 3. The Kier molecular flexibility index (Phi) is 5.96. The third kappa shape index (κ3) is 4.06. The lowest BCUT2D eigenvalue weighted by atomic mass is 9.80. The zero-order chi connectivity index (χ0) is 25.0. The van der Waals surface area contributed by atoms with E-state index in [9.17, 15) is 18.8 Å². The van der Waals surface area contributed by atoms with E-state index in [-0.39, 0.29) is 42.1 Å². The van der Waals surface area contributed by atoms with Crippen molar-refractivity contribution in [1.29, 1.82) is 0 Å². The van der Waals surface area contributed by atoms with Crippen molar-refractivity contribution >= 4 is 29.3 Å². The molecule has 3 aliphatic heterocycles. The fourth-order valence-electron chi connectivity index (χ4n) is 5.91. The third-order valence-corrected chi connectivity index (χ3v) is 8.23. The summed E-state index contributed by atoms with van der Waals surface area (Å²) in [5, 5.41) is 6.18. The molecule has 188 valence electrons. The molecular formula is C27H27ClFN3O4. The van der Waals surface area contributed by atoms with E-state index in [0.29, 0.717) is 30.1 Å². The Morgan fingerprint density at radius 1 is 1.03 bits per heavy atom. The number of benzene rings is 2. The number of fused-ring (bicyclic) bond motifs is 1. The Hall–Kier alpha value is -2.97. The number of imide groups is 1. The van der Waals surface area contributed by atoms with Crippen LogP contribution in [0.25, 0.3) is 0 Å². The van der Waals surface area contributed by atoms with Crippen LogP contribution in [0.15, 0.2) is 30.3 Å².